The summed E-state index contributed by atoms with van der Waals surface area (Å²) in [5.74, 6) is 4.71. The Morgan fingerprint density at radius 2 is 1.84 bits per heavy atom. The van der Waals surface area contributed by atoms with Crippen molar-refractivity contribution in [3.8, 4) is 11.3 Å². The predicted molar refractivity (Wildman–Crippen MR) is 156 cm³/mol. The molecule has 9 heteroatoms. The van der Waals surface area contributed by atoms with E-state index in [1.54, 1.807) is 0 Å². The van der Waals surface area contributed by atoms with Crippen molar-refractivity contribution in [1.82, 2.24) is 15.3 Å². The average molecular weight is 539 g/mol. The number of aromatic nitrogens is 2. The number of nitrogens with zero attached hydrogens (tertiary/aromatic N) is 4. The number of rotatable bonds is 6. The van der Waals surface area contributed by atoms with Crippen LogP contribution in [0.4, 0.5) is 17.6 Å². The molecule has 0 amide bonds. The lowest BCUT2D eigenvalue weighted by molar-refractivity contribution is 0.444. The third-order valence-electron chi connectivity index (χ3n) is 7.22. The first-order valence-corrected chi connectivity index (χ1v) is 14.0. The van der Waals surface area contributed by atoms with Crippen LogP contribution < -0.4 is 20.4 Å². The Bertz CT molecular complexity index is 1220. The third-order valence-corrected chi connectivity index (χ3v) is 7.71. The van der Waals surface area contributed by atoms with E-state index in [1.165, 1.54) is 32.1 Å². The molecule has 2 aromatic heterocycles. The Balaban J connectivity index is 1.28. The van der Waals surface area contributed by atoms with Crippen LogP contribution in [-0.2, 0) is 6.54 Å². The number of hydrogen-bond acceptors (Lipinski definition) is 6. The highest BCUT2D eigenvalue weighted by molar-refractivity contribution is 7.80. The largest absolute Gasteiger partial charge is 0.459 e. The van der Waals surface area contributed by atoms with Gasteiger partial charge in [0, 0.05) is 42.3 Å². The minimum atomic E-state index is 0.457. The van der Waals surface area contributed by atoms with Crippen LogP contribution in [-0.4, -0.2) is 40.8 Å². The molecule has 0 saturated carbocycles. The number of nitrogens with one attached hydrogen (secondary N) is 2. The fourth-order valence-electron chi connectivity index (χ4n) is 5.18. The molecule has 4 heterocycles. The first-order chi connectivity index (χ1) is 17.9. The molecule has 5 rings (SSSR count). The number of benzene rings is 1. The smallest absolute Gasteiger partial charge is 0.232 e. The minimum absolute atomic E-state index is 0.457. The highest BCUT2D eigenvalue weighted by Gasteiger charge is 2.24. The zero-order chi connectivity index (χ0) is 25.8. The summed E-state index contributed by atoms with van der Waals surface area (Å²) in [6.07, 6.45) is 6.09. The van der Waals surface area contributed by atoms with E-state index >= 15 is 0 Å². The molecular formula is C28H35ClN6OS. The van der Waals surface area contributed by atoms with Crippen molar-refractivity contribution in [3.63, 3.8) is 0 Å². The van der Waals surface area contributed by atoms with Crippen LogP contribution in [0.15, 0.2) is 46.9 Å². The fourth-order valence-corrected chi connectivity index (χ4v) is 5.47. The van der Waals surface area contributed by atoms with Gasteiger partial charge in [0.15, 0.2) is 5.11 Å². The summed E-state index contributed by atoms with van der Waals surface area (Å²) in [6.45, 7) is 8.11. The summed E-state index contributed by atoms with van der Waals surface area (Å²) in [6, 6.07) is 14.1. The molecule has 2 N–H and O–H groups in total. The molecule has 0 bridgehead atoms. The second-order valence-corrected chi connectivity index (χ2v) is 11.1. The monoisotopic (exact) mass is 538 g/mol. The van der Waals surface area contributed by atoms with E-state index in [-0.39, 0.29) is 0 Å². The molecule has 2 fully saturated rings. The highest BCUT2D eigenvalue weighted by atomic mass is 35.5. The summed E-state index contributed by atoms with van der Waals surface area (Å²) in [5, 5.41) is 7.63. The molecular weight excluding hydrogens is 504 g/mol. The zero-order valence-electron chi connectivity index (χ0n) is 21.5. The number of furan rings is 1. The highest BCUT2D eigenvalue weighted by Crippen LogP contribution is 2.29. The van der Waals surface area contributed by atoms with Gasteiger partial charge in [0.1, 0.15) is 23.2 Å². The number of piperidine rings is 2. The van der Waals surface area contributed by atoms with Crippen LogP contribution in [0.5, 0.6) is 0 Å². The molecule has 1 aromatic carbocycles. The van der Waals surface area contributed by atoms with E-state index in [4.69, 9.17) is 38.2 Å². The maximum atomic E-state index is 6.00. The Morgan fingerprint density at radius 3 is 2.62 bits per heavy atom. The summed E-state index contributed by atoms with van der Waals surface area (Å²) < 4.78 is 5.99. The van der Waals surface area contributed by atoms with E-state index in [9.17, 15) is 0 Å². The Kier molecular flexibility index (Phi) is 8.15. The quantitative estimate of drug-likeness (QED) is 0.345. The first-order valence-electron chi connectivity index (χ1n) is 13.2. The topological polar surface area (TPSA) is 69.5 Å². The SMILES string of the molecule is C[C@H]1CCCN(c2cc(N3CCCC[C@H]3C)nc(NC(=S)NCc3ccc(-c4ccc(Cl)cc4)o3)n2)C1. The Labute approximate surface area is 229 Å². The fraction of sp³-hybridized carbons (Fsp3) is 0.464. The minimum Gasteiger partial charge on any atom is -0.459 e. The average Bonchev–Trinajstić information content (AvgIpc) is 3.37. The van der Waals surface area contributed by atoms with Crippen LogP contribution >= 0.6 is 23.8 Å². The van der Waals surface area contributed by atoms with Gasteiger partial charge < -0.3 is 24.9 Å². The molecule has 2 saturated heterocycles. The van der Waals surface area contributed by atoms with Gasteiger partial charge >= 0.3 is 0 Å². The van der Waals surface area contributed by atoms with E-state index in [2.05, 4.69) is 40.3 Å². The second-order valence-electron chi connectivity index (χ2n) is 10.2. The van der Waals surface area contributed by atoms with Gasteiger partial charge in [0.25, 0.3) is 0 Å². The molecule has 0 radical (unpaired) electrons. The van der Waals surface area contributed by atoms with Gasteiger partial charge in [0.05, 0.1) is 6.54 Å². The molecule has 0 unspecified atom stereocenters. The number of anilines is 3. The van der Waals surface area contributed by atoms with Gasteiger partial charge in [-0.1, -0.05) is 18.5 Å². The van der Waals surface area contributed by atoms with Crippen LogP contribution in [0.3, 0.4) is 0 Å². The van der Waals surface area contributed by atoms with E-state index in [0.717, 1.165) is 48.4 Å². The van der Waals surface area contributed by atoms with Gasteiger partial charge in [-0.25, -0.2) is 0 Å². The number of hydrogen-bond donors (Lipinski definition) is 2. The lowest BCUT2D eigenvalue weighted by atomic mass is 10.0. The van der Waals surface area contributed by atoms with Gasteiger partial charge in [-0.2, -0.15) is 9.97 Å². The molecule has 0 spiro atoms. The number of halogens is 1. The maximum Gasteiger partial charge on any atom is 0.232 e. The molecule has 0 aliphatic carbocycles. The van der Waals surface area contributed by atoms with Crippen molar-refractivity contribution in [3.05, 3.63) is 53.2 Å². The standard InChI is InChI=1S/C28H35ClN6OS/c1-19-6-5-14-34(18-19)25-16-26(35-15-4-3-7-20(35)2)32-27(31-25)33-28(37)30-17-23-12-13-24(36-23)21-8-10-22(29)11-9-21/h8-13,16,19-20H,3-7,14-15,17-18H2,1-2H3,(H2,30,31,32,33,37)/t19-,20+/m0/s1. The van der Waals surface area contributed by atoms with Crippen LogP contribution in [0.2, 0.25) is 5.02 Å². The van der Waals surface area contributed by atoms with Gasteiger partial charge in [-0.15, -0.1) is 0 Å². The van der Waals surface area contributed by atoms with E-state index in [0.29, 0.717) is 34.6 Å². The van der Waals surface area contributed by atoms with Gasteiger partial charge in [-0.3, -0.25) is 0 Å². The lowest BCUT2D eigenvalue weighted by Crippen LogP contribution is -2.39. The summed E-state index contributed by atoms with van der Waals surface area (Å²) in [7, 11) is 0. The van der Waals surface area contributed by atoms with Crippen molar-refractivity contribution in [2.75, 3.05) is 34.8 Å². The molecule has 2 aliphatic heterocycles. The van der Waals surface area contributed by atoms with Gasteiger partial charge in [0.2, 0.25) is 5.95 Å². The Morgan fingerprint density at radius 1 is 1.03 bits per heavy atom. The summed E-state index contributed by atoms with van der Waals surface area (Å²) in [5.41, 5.74) is 0.980. The zero-order valence-corrected chi connectivity index (χ0v) is 23.1. The molecule has 7 nitrogen and oxygen atoms in total. The van der Waals surface area contributed by atoms with E-state index < -0.39 is 0 Å². The first kappa shape index (κ1) is 25.8. The van der Waals surface area contributed by atoms with E-state index in [1.807, 2.05) is 36.4 Å². The van der Waals surface area contributed by atoms with Crippen LogP contribution in [0, 0.1) is 5.92 Å². The van der Waals surface area contributed by atoms with Crippen molar-refractivity contribution in [2.45, 2.75) is 58.5 Å². The number of thiocarbonyl (C=S) groups is 1. The third kappa shape index (κ3) is 6.54. The second kappa shape index (κ2) is 11.7. The predicted octanol–water partition coefficient (Wildman–Crippen LogP) is 6.49. The normalized spacial score (nSPS) is 20.1. The van der Waals surface area contributed by atoms with Crippen LogP contribution in [0.1, 0.15) is 51.7 Å². The van der Waals surface area contributed by atoms with Crippen molar-refractivity contribution < 1.29 is 4.42 Å². The maximum absolute atomic E-state index is 6.00. The van der Waals surface area contributed by atoms with Crippen molar-refractivity contribution in [1.29, 1.82) is 0 Å². The molecule has 3 aromatic rings. The lowest BCUT2D eigenvalue weighted by Gasteiger charge is -2.36. The molecule has 2 aliphatic rings. The van der Waals surface area contributed by atoms with Crippen LogP contribution in [0.25, 0.3) is 11.3 Å². The van der Waals surface area contributed by atoms with Crippen molar-refractivity contribution >= 4 is 46.5 Å². The molecule has 2 atom stereocenters. The van der Waals surface area contributed by atoms with Crippen molar-refractivity contribution in [2.24, 2.45) is 5.92 Å². The molecule has 37 heavy (non-hydrogen) atoms. The summed E-state index contributed by atoms with van der Waals surface area (Å²) in [4.78, 5) is 14.5. The van der Waals surface area contributed by atoms with Gasteiger partial charge in [-0.05, 0) is 93.6 Å². The molecule has 196 valence electrons. The Hall–Kier alpha value is -2.84. The summed E-state index contributed by atoms with van der Waals surface area (Å²) >= 11 is 11.6.